The molecule has 12 atom stereocenters. The summed E-state index contributed by atoms with van der Waals surface area (Å²) >= 11 is 0. The highest BCUT2D eigenvalue weighted by atomic mass is 16.7. The van der Waals surface area contributed by atoms with Gasteiger partial charge in [0.2, 0.25) is 5.91 Å². The number of ether oxygens (including phenoxy) is 4. The van der Waals surface area contributed by atoms with Crippen LogP contribution in [0.15, 0.2) is 12.2 Å². The molecule has 0 aromatic rings. The van der Waals surface area contributed by atoms with Crippen LogP contribution in [0, 0.1) is 0 Å². The summed E-state index contributed by atoms with van der Waals surface area (Å²) in [6, 6.07) is -0.910. The summed E-state index contributed by atoms with van der Waals surface area (Å²) in [5.41, 5.74) is 0. The number of allylic oxidation sites excluding steroid dienone is 1. The maximum absolute atomic E-state index is 13.3. The van der Waals surface area contributed by atoms with Crippen molar-refractivity contribution in [3.8, 4) is 0 Å². The number of aliphatic hydroxyl groups excluding tert-OH is 8. The normalized spacial score (nSPS) is 25.0. The highest BCUT2D eigenvalue weighted by Crippen LogP contribution is 2.30. The van der Waals surface area contributed by atoms with Crippen molar-refractivity contribution in [3.05, 3.63) is 12.2 Å². The van der Waals surface area contributed by atoms with Gasteiger partial charge in [0.1, 0.15) is 48.8 Å². The van der Waals surface area contributed by atoms with Crippen molar-refractivity contribution in [1.82, 2.24) is 5.32 Å². The molecule has 9 N–H and O–H groups in total. The molecule has 2 fully saturated rings. The van der Waals surface area contributed by atoms with Crippen LogP contribution < -0.4 is 5.32 Å². The number of carbonyl (C=O) groups is 1. The van der Waals surface area contributed by atoms with E-state index in [0.717, 1.165) is 38.5 Å². The number of hydrogen-bond donors (Lipinski definition) is 9. The first kappa shape index (κ1) is 69.8. The molecule has 2 rings (SSSR count). The van der Waals surface area contributed by atoms with Crippen LogP contribution in [0.4, 0.5) is 0 Å². The van der Waals surface area contributed by atoms with Crippen LogP contribution in [0.25, 0.3) is 0 Å². The Morgan fingerprint density at radius 3 is 1.23 bits per heavy atom. The molecule has 2 aliphatic heterocycles. The van der Waals surface area contributed by atoms with E-state index in [1.165, 1.54) is 212 Å². The Morgan fingerprint density at radius 2 is 0.827 bits per heavy atom. The van der Waals surface area contributed by atoms with Crippen molar-refractivity contribution < 1.29 is 64.6 Å². The van der Waals surface area contributed by atoms with Crippen molar-refractivity contribution >= 4 is 5.91 Å². The Balaban J connectivity index is 1.74. The average molecular weight is 1070 g/mol. The molecular formula is C61H117NO13. The van der Waals surface area contributed by atoms with Gasteiger partial charge < -0.3 is 65.1 Å². The fourth-order valence-electron chi connectivity index (χ4n) is 10.6. The van der Waals surface area contributed by atoms with Crippen LogP contribution in [0.3, 0.4) is 0 Å². The first-order valence-corrected chi connectivity index (χ1v) is 31.4. The maximum atomic E-state index is 13.3. The first-order chi connectivity index (χ1) is 36.6. The number of nitrogens with one attached hydrogen (secondary N) is 1. The quantitative estimate of drug-likeness (QED) is 0.0204. The molecule has 2 aliphatic rings. The van der Waals surface area contributed by atoms with Gasteiger partial charge in [0.15, 0.2) is 12.6 Å². The summed E-state index contributed by atoms with van der Waals surface area (Å²) in [4.78, 5) is 13.3. The van der Waals surface area contributed by atoms with E-state index in [4.69, 9.17) is 18.9 Å². The van der Waals surface area contributed by atoms with Crippen molar-refractivity contribution in [2.45, 2.75) is 351 Å². The molecule has 0 saturated carbocycles. The van der Waals surface area contributed by atoms with E-state index >= 15 is 0 Å². The predicted octanol–water partition coefficient (Wildman–Crippen LogP) is 11.1. The van der Waals surface area contributed by atoms with Gasteiger partial charge in [-0.1, -0.05) is 264 Å². The maximum Gasteiger partial charge on any atom is 0.220 e. The fraction of sp³-hybridized carbons (Fsp3) is 0.951. The zero-order valence-corrected chi connectivity index (χ0v) is 47.8. The van der Waals surface area contributed by atoms with Crippen LogP contribution >= 0.6 is 0 Å². The van der Waals surface area contributed by atoms with Gasteiger partial charge in [0.05, 0.1) is 32.0 Å². The van der Waals surface area contributed by atoms with Gasteiger partial charge in [0, 0.05) is 6.42 Å². The van der Waals surface area contributed by atoms with E-state index in [1.54, 1.807) is 6.08 Å². The number of hydrogen-bond acceptors (Lipinski definition) is 13. The minimum atomic E-state index is -1.79. The zero-order chi connectivity index (χ0) is 54.6. The smallest absolute Gasteiger partial charge is 0.220 e. The lowest BCUT2D eigenvalue weighted by Gasteiger charge is -2.46. The van der Waals surface area contributed by atoms with Crippen molar-refractivity contribution in [3.63, 3.8) is 0 Å². The van der Waals surface area contributed by atoms with Crippen molar-refractivity contribution in [1.29, 1.82) is 0 Å². The second kappa shape index (κ2) is 47.5. The molecule has 2 heterocycles. The summed E-state index contributed by atoms with van der Waals surface area (Å²) < 4.78 is 22.8. The van der Waals surface area contributed by atoms with E-state index in [0.29, 0.717) is 6.42 Å². The lowest BCUT2D eigenvalue weighted by Crippen LogP contribution is -2.65. The second-order valence-corrected chi connectivity index (χ2v) is 22.6. The lowest BCUT2D eigenvalue weighted by molar-refractivity contribution is -0.359. The summed E-state index contributed by atoms with van der Waals surface area (Å²) in [6.45, 7) is 2.84. The molecule has 14 nitrogen and oxygen atoms in total. The molecule has 0 bridgehead atoms. The van der Waals surface area contributed by atoms with Crippen LogP contribution in [0.1, 0.15) is 277 Å². The van der Waals surface area contributed by atoms with Crippen LogP contribution in [-0.2, 0) is 23.7 Å². The van der Waals surface area contributed by atoms with Gasteiger partial charge in [-0.3, -0.25) is 4.79 Å². The Hall–Kier alpha value is -1.27. The Bertz CT molecular complexity index is 1310. The zero-order valence-electron chi connectivity index (χ0n) is 47.8. The minimum Gasteiger partial charge on any atom is -0.394 e. The number of carbonyl (C=O) groups excluding carboxylic acids is 1. The number of amides is 1. The molecule has 2 saturated heterocycles. The van der Waals surface area contributed by atoms with Crippen LogP contribution in [-0.4, -0.2) is 140 Å². The third kappa shape index (κ3) is 33.2. The number of aliphatic hydroxyl groups is 8. The van der Waals surface area contributed by atoms with Crippen molar-refractivity contribution in [2.24, 2.45) is 0 Å². The second-order valence-electron chi connectivity index (χ2n) is 22.6. The molecule has 0 aromatic heterocycles. The summed E-state index contributed by atoms with van der Waals surface area (Å²) in [5, 5.41) is 87.2. The first-order valence-electron chi connectivity index (χ1n) is 31.4. The van der Waals surface area contributed by atoms with Gasteiger partial charge >= 0.3 is 0 Å². The van der Waals surface area contributed by atoms with Gasteiger partial charge in [-0.2, -0.15) is 0 Å². The van der Waals surface area contributed by atoms with Crippen LogP contribution in [0.5, 0.6) is 0 Å². The molecule has 75 heavy (non-hydrogen) atoms. The van der Waals surface area contributed by atoms with Gasteiger partial charge in [-0.25, -0.2) is 0 Å². The fourth-order valence-corrected chi connectivity index (χ4v) is 10.6. The molecule has 1 amide bonds. The monoisotopic (exact) mass is 1070 g/mol. The van der Waals surface area contributed by atoms with Crippen molar-refractivity contribution in [2.75, 3.05) is 19.8 Å². The topological polar surface area (TPSA) is 228 Å². The third-order valence-corrected chi connectivity index (χ3v) is 15.7. The standard InChI is InChI=1S/C61H117NO13/c1-3-5-7-9-11-13-15-17-19-21-23-25-27-29-31-33-35-37-39-41-43-45-53(66)62-49(50(65)44-42-40-38-36-34-32-30-28-26-24-22-20-18-16-14-12-10-8-6-4-2)48-72-60-58(71)56(69)59(52(47-64)74-60)75-61-57(70)55(68)54(67)51(46-63)73-61/h42,44,49-52,54-61,63-65,67-71H,3-41,43,45-48H2,1-2H3,(H,62,66)/b44-42+. The SMILES string of the molecule is CCCCCCCCCCCCCCCCCCCC/C=C/C(O)C(COC1OC(CO)C(OC2OC(CO)C(O)C(O)C2O)C(O)C1O)NC(=O)CCCCCCCCCCCCCCCCCCCCCCC. The van der Waals surface area contributed by atoms with E-state index in [-0.39, 0.29) is 18.9 Å². The van der Waals surface area contributed by atoms with E-state index in [2.05, 4.69) is 19.2 Å². The lowest BCUT2D eigenvalue weighted by atomic mass is 9.97. The van der Waals surface area contributed by atoms with E-state index < -0.39 is 86.8 Å². The molecule has 0 spiro atoms. The summed E-state index contributed by atoms with van der Waals surface area (Å²) in [6.07, 6.45) is 38.2. The van der Waals surface area contributed by atoms with E-state index in [9.17, 15) is 45.6 Å². The van der Waals surface area contributed by atoms with Crippen LogP contribution in [0.2, 0.25) is 0 Å². The molecule has 444 valence electrons. The molecule has 0 radical (unpaired) electrons. The number of rotatable bonds is 51. The third-order valence-electron chi connectivity index (χ3n) is 15.7. The molecule has 0 aliphatic carbocycles. The highest BCUT2D eigenvalue weighted by Gasteiger charge is 2.51. The molecule has 14 heteroatoms. The van der Waals surface area contributed by atoms with Gasteiger partial charge in [-0.05, 0) is 19.3 Å². The van der Waals surface area contributed by atoms with Gasteiger partial charge in [0.25, 0.3) is 0 Å². The summed E-state index contributed by atoms with van der Waals surface area (Å²) in [5.74, 6) is -0.233. The molecule has 0 aromatic carbocycles. The largest absolute Gasteiger partial charge is 0.394 e. The Labute approximate surface area is 456 Å². The Morgan fingerprint density at radius 1 is 0.467 bits per heavy atom. The molecular weight excluding hydrogens is 955 g/mol. The minimum absolute atomic E-state index is 0.233. The highest BCUT2D eigenvalue weighted by molar-refractivity contribution is 5.76. The predicted molar refractivity (Wildman–Crippen MR) is 300 cm³/mol. The Kier molecular flexibility index (Phi) is 44.3. The number of unbranched alkanes of at least 4 members (excludes halogenated alkanes) is 38. The van der Waals surface area contributed by atoms with E-state index in [1.807, 2.05) is 6.08 Å². The summed E-state index contributed by atoms with van der Waals surface area (Å²) in [7, 11) is 0. The molecule has 12 unspecified atom stereocenters. The van der Waals surface area contributed by atoms with Gasteiger partial charge in [-0.15, -0.1) is 0 Å². The average Bonchev–Trinajstić information content (AvgIpc) is 3.41.